The van der Waals surface area contributed by atoms with Crippen LogP contribution in [0, 0.1) is 0 Å². The molecule has 2 rings (SSSR count). The third-order valence-electron chi connectivity index (χ3n) is 2.52. The van der Waals surface area contributed by atoms with Crippen LogP contribution in [0.4, 0.5) is 11.4 Å². The second kappa shape index (κ2) is 4.24. The van der Waals surface area contributed by atoms with E-state index in [-0.39, 0.29) is 6.61 Å². The number of hydrogen-bond donors (Lipinski definition) is 3. The van der Waals surface area contributed by atoms with Crippen LogP contribution in [0.5, 0.6) is 0 Å². The molecule has 82 valence electrons. The van der Waals surface area contributed by atoms with Gasteiger partial charge in [-0.25, -0.2) is 0 Å². The Morgan fingerprint density at radius 1 is 0.938 bits per heavy atom. The minimum Gasteiger partial charge on any atom is -0.399 e. The van der Waals surface area contributed by atoms with Crippen LogP contribution in [-0.2, 0) is 6.61 Å². The second-order valence-corrected chi connectivity index (χ2v) is 3.70. The third-order valence-corrected chi connectivity index (χ3v) is 2.52. The fourth-order valence-electron chi connectivity index (χ4n) is 1.61. The zero-order valence-electron chi connectivity index (χ0n) is 8.85. The number of rotatable bonds is 2. The molecule has 16 heavy (non-hydrogen) atoms. The lowest BCUT2D eigenvalue weighted by Crippen LogP contribution is -1.93. The average molecular weight is 214 g/mol. The molecule has 0 aliphatic rings. The standard InChI is InChI=1S/C13H14N2O/c14-11-4-2-10(3-5-11)12-7-9(8-16)1-6-13(12)15/h1-7,16H,8,14-15H2. The molecule has 0 aliphatic heterocycles. The van der Waals surface area contributed by atoms with E-state index in [1.54, 1.807) is 6.07 Å². The van der Waals surface area contributed by atoms with Gasteiger partial charge in [-0.3, -0.25) is 0 Å². The number of hydrogen-bond acceptors (Lipinski definition) is 3. The van der Waals surface area contributed by atoms with Gasteiger partial charge in [0.25, 0.3) is 0 Å². The summed E-state index contributed by atoms with van der Waals surface area (Å²) in [6.07, 6.45) is 0. The highest BCUT2D eigenvalue weighted by Gasteiger charge is 2.03. The van der Waals surface area contributed by atoms with Crippen LogP contribution in [0.1, 0.15) is 5.56 Å². The fraction of sp³-hybridized carbons (Fsp3) is 0.0769. The van der Waals surface area contributed by atoms with Crippen molar-refractivity contribution in [3.63, 3.8) is 0 Å². The Morgan fingerprint density at radius 3 is 2.25 bits per heavy atom. The number of benzene rings is 2. The smallest absolute Gasteiger partial charge is 0.0682 e. The molecule has 0 spiro atoms. The molecule has 2 aromatic carbocycles. The van der Waals surface area contributed by atoms with Gasteiger partial charge in [0.15, 0.2) is 0 Å². The van der Waals surface area contributed by atoms with E-state index in [9.17, 15) is 0 Å². The first-order valence-corrected chi connectivity index (χ1v) is 5.06. The first kappa shape index (κ1) is 10.5. The summed E-state index contributed by atoms with van der Waals surface area (Å²) >= 11 is 0. The summed E-state index contributed by atoms with van der Waals surface area (Å²) in [5, 5.41) is 9.08. The minimum absolute atomic E-state index is 0.0161. The van der Waals surface area contributed by atoms with E-state index >= 15 is 0 Å². The molecule has 3 heteroatoms. The van der Waals surface area contributed by atoms with Crippen molar-refractivity contribution in [2.24, 2.45) is 0 Å². The van der Waals surface area contributed by atoms with Crippen LogP contribution in [0.3, 0.4) is 0 Å². The maximum Gasteiger partial charge on any atom is 0.0682 e. The molecular weight excluding hydrogens is 200 g/mol. The Balaban J connectivity index is 2.50. The number of nitrogens with two attached hydrogens (primary N) is 2. The van der Waals surface area contributed by atoms with Crippen molar-refractivity contribution in [3.8, 4) is 11.1 Å². The molecule has 0 unspecified atom stereocenters. The molecule has 0 aliphatic carbocycles. The molecule has 0 saturated carbocycles. The van der Waals surface area contributed by atoms with Crippen molar-refractivity contribution in [1.82, 2.24) is 0 Å². The summed E-state index contributed by atoms with van der Waals surface area (Å²) in [5.41, 5.74) is 15.7. The number of anilines is 2. The van der Waals surface area contributed by atoms with Gasteiger partial charge in [0.05, 0.1) is 6.61 Å². The zero-order valence-corrected chi connectivity index (χ0v) is 8.85. The van der Waals surface area contributed by atoms with Crippen LogP contribution in [0.15, 0.2) is 42.5 Å². The molecule has 0 heterocycles. The molecule has 0 fully saturated rings. The highest BCUT2D eigenvalue weighted by Crippen LogP contribution is 2.27. The predicted octanol–water partition coefficient (Wildman–Crippen LogP) is 2.01. The van der Waals surface area contributed by atoms with Crippen molar-refractivity contribution in [1.29, 1.82) is 0 Å². The predicted molar refractivity (Wildman–Crippen MR) is 66.6 cm³/mol. The zero-order chi connectivity index (χ0) is 11.5. The Labute approximate surface area is 94.3 Å². The van der Waals surface area contributed by atoms with E-state index in [4.69, 9.17) is 16.6 Å². The van der Waals surface area contributed by atoms with E-state index in [2.05, 4.69) is 0 Å². The van der Waals surface area contributed by atoms with Gasteiger partial charge in [0.1, 0.15) is 0 Å². The molecule has 2 aromatic rings. The van der Waals surface area contributed by atoms with Crippen LogP contribution < -0.4 is 11.5 Å². The number of aliphatic hydroxyl groups is 1. The monoisotopic (exact) mass is 214 g/mol. The lowest BCUT2D eigenvalue weighted by Gasteiger charge is -2.08. The van der Waals surface area contributed by atoms with Crippen molar-refractivity contribution in [2.75, 3.05) is 11.5 Å². The topological polar surface area (TPSA) is 72.3 Å². The van der Waals surface area contributed by atoms with E-state index in [1.165, 1.54) is 0 Å². The van der Waals surface area contributed by atoms with Gasteiger partial charge in [-0.05, 0) is 35.4 Å². The average Bonchev–Trinajstić information content (AvgIpc) is 2.31. The molecular formula is C13H14N2O. The fourth-order valence-corrected chi connectivity index (χ4v) is 1.61. The van der Waals surface area contributed by atoms with Gasteiger partial charge in [0, 0.05) is 16.9 Å². The highest BCUT2D eigenvalue weighted by atomic mass is 16.3. The quantitative estimate of drug-likeness (QED) is 0.669. The van der Waals surface area contributed by atoms with Crippen LogP contribution in [0.2, 0.25) is 0 Å². The van der Waals surface area contributed by atoms with Gasteiger partial charge in [-0.1, -0.05) is 18.2 Å². The van der Waals surface area contributed by atoms with Gasteiger partial charge in [-0.2, -0.15) is 0 Å². The molecule has 0 amide bonds. The van der Waals surface area contributed by atoms with Gasteiger partial charge >= 0.3 is 0 Å². The minimum atomic E-state index is 0.0161. The Bertz CT molecular complexity index is 492. The summed E-state index contributed by atoms with van der Waals surface area (Å²) in [6.45, 7) is 0.0161. The van der Waals surface area contributed by atoms with Crippen LogP contribution in [0.25, 0.3) is 11.1 Å². The lowest BCUT2D eigenvalue weighted by molar-refractivity contribution is 0.282. The van der Waals surface area contributed by atoms with Crippen LogP contribution in [-0.4, -0.2) is 5.11 Å². The summed E-state index contributed by atoms with van der Waals surface area (Å²) in [4.78, 5) is 0. The van der Waals surface area contributed by atoms with Gasteiger partial charge in [0.2, 0.25) is 0 Å². The third kappa shape index (κ3) is 1.99. The van der Waals surface area contributed by atoms with Crippen LogP contribution >= 0.6 is 0 Å². The summed E-state index contributed by atoms with van der Waals surface area (Å²) < 4.78 is 0. The maximum absolute atomic E-state index is 9.08. The lowest BCUT2D eigenvalue weighted by atomic mass is 10.0. The first-order valence-electron chi connectivity index (χ1n) is 5.06. The molecule has 5 N–H and O–H groups in total. The van der Waals surface area contributed by atoms with Crippen molar-refractivity contribution in [3.05, 3.63) is 48.0 Å². The highest BCUT2D eigenvalue weighted by molar-refractivity contribution is 5.77. The van der Waals surface area contributed by atoms with E-state index < -0.39 is 0 Å². The Morgan fingerprint density at radius 2 is 1.62 bits per heavy atom. The normalized spacial score (nSPS) is 10.3. The largest absolute Gasteiger partial charge is 0.399 e. The molecule has 0 radical (unpaired) electrons. The molecule has 0 bridgehead atoms. The van der Waals surface area contributed by atoms with Gasteiger partial charge in [-0.15, -0.1) is 0 Å². The Hall–Kier alpha value is -2.00. The van der Waals surface area contributed by atoms with E-state index in [1.807, 2.05) is 36.4 Å². The first-order chi connectivity index (χ1) is 7.70. The summed E-state index contributed by atoms with van der Waals surface area (Å²) in [5.74, 6) is 0. The van der Waals surface area contributed by atoms with E-state index in [0.717, 1.165) is 22.4 Å². The molecule has 0 saturated heterocycles. The maximum atomic E-state index is 9.08. The van der Waals surface area contributed by atoms with Gasteiger partial charge < -0.3 is 16.6 Å². The Kier molecular flexibility index (Phi) is 2.79. The van der Waals surface area contributed by atoms with E-state index in [0.29, 0.717) is 5.69 Å². The van der Waals surface area contributed by atoms with Crippen molar-refractivity contribution in [2.45, 2.75) is 6.61 Å². The summed E-state index contributed by atoms with van der Waals surface area (Å²) in [7, 11) is 0. The molecule has 3 nitrogen and oxygen atoms in total. The van der Waals surface area contributed by atoms with Crippen molar-refractivity contribution < 1.29 is 5.11 Å². The molecule has 0 atom stereocenters. The second-order valence-electron chi connectivity index (χ2n) is 3.70. The molecule has 0 aromatic heterocycles. The number of aliphatic hydroxyl groups excluding tert-OH is 1. The summed E-state index contributed by atoms with van der Waals surface area (Å²) in [6, 6.07) is 13.0. The SMILES string of the molecule is Nc1ccc(-c2cc(CO)ccc2N)cc1. The number of nitrogen functional groups attached to an aromatic ring is 2. The van der Waals surface area contributed by atoms with Crippen molar-refractivity contribution >= 4 is 11.4 Å².